The highest BCUT2D eigenvalue weighted by molar-refractivity contribution is 5.96. The van der Waals surface area contributed by atoms with E-state index < -0.39 is 0 Å². The Morgan fingerprint density at radius 3 is 2.80 bits per heavy atom. The summed E-state index contributed by atoms with van der Waals surface area (Å²) in [7, 11) is 1.87. The van der Waals surface area contributed by atoms with Crippen molar-refractivity contribution in [1.82, 2.24) is 10.2 Å². The van der Waals surface area contributed by atoms with E-state index in [2.05, 4.69) is 5.32 Å². The Balaban J connectivity index is 1.84. The van der Waals surface area contributed by atoms with Crippen LogP contribution in [-0.2, 0) is 0 Å². The summed E-state index contributed by atoms with van der Waals surface area (Å²) in [6.07, 6.45) is 2.00. The summed E-state index contributed by atoms with van der Waals surface area (Å²) in [6, 6.07) is 8.11. The molecule has 0 bridgehead atoms. The predicted octanol–water partition coefficient (Wildman–Crippen LogP) is 2.57. The molecule has 3 rings (SSSR count). The standard InChI is InChI=1S/C16H20N2O2/c1-11-3-4-14-12(9-11)10-15(20-14)16(19)18(2)13-5-7-17-8-6-13/h3-4,9-10,13,17H,5-8H2,1-2H3. The molecule has 1 N–H and O–H groups in total. The minimum Gasteiger partial charge on any atom is -0.451 e. The second-order valence-corrected chi connectivity index (χ2v) is 5.55. The number of amides is 1. The number of carbonyl (C=O) groups is 1. The molecule has 4 nitrogen and oxygen atoms in total. The Morgan fingerprint density at radius 1 is 1.30 bits per heavy atom. The topological polar surface area (TPSA) is 45.5 Å². The lowest BCUT2D eigenvalue weighted by Crippen LogP contribution is -2.43. The van der Waals surface area contributed by atoms with E-state index in [0.29, 0.717) is 11.8 Å². The zero-order valence-corrected chi connectivity index (χ0v) is 12.0. The zero-order chi connectivity index (χ0) is 14.1. The van der Waals surface area contributed by atoms with Gasteiger partial charge < -0.3 is 14.6 Å². The van der Waals surface area contributed by atoms with Crippen LogP contribution in [0.25, 0.3) is 11.0 Å². The van der Waals surface area contributed by atoms with Crippen LogP contribution in [0.5, 0.6) is 0 Å². The van der Waals surface area contributed by atoms with E-state index in [0.717, 1.165) is 36.9 Å². The minimum absolute atomic E-state index is 0.0225. The van der Waals surface area contributed by atoms with E-state index >= 15 is 0 Å². The number of aryl methyl sites for hydroxylation is 1. The minimum atomic E-state index is -0.0225. The number of hydrogen-bond donors (Lipinski definition) is 1. The summed E-state index contributed by atoms with van der Waals surface area (Å²) in [6.45, 7) is 3.98. The van der Waals surface area contributed by atoms with Gasteiger partial charge in [0.2, 0.25) is 0 Å². The van der Waals surface area contributed by atoms with Gasteiger partial charge in [-0.25, -0.2) is 0 Å². The molecule has 1 amide bonds. The largest absolute Gasteiger partial charge is 0.451 e. The van der Waals surface area contributed by atoms with Crippen molar-refractivity contribution < 1.29 is 9.21 Å². The Bertz CT molecular complexity index is 626. The molecule has 0 aliphatic carbocycles. The molecular weight excluding hydrogens is 252 g/mol. The van der Waals surface area contributed by atoms with Crippen molar-refractivity contribution in [2.45, 2.75) is 25.8 Å². The van der Waals surface area contributed by atoms with Gasteiger partial charge in [-0.3, -0.25) is 4.79 Å². The summed E-state index contributed by atoms with van der Waals surface area (Å²) < 4.78 is 5.69. The second-order valence-electron chi connectivity index (χ2n) is 5.55. The molecule has 106 valence electrons. The van der Waals surface area contributed by atoms with Gasteiger partial charge in [0.15, 0.2) is 5.76 Å². The van der Waals surface area contributed by atoms with Crippen molar-refractivity contribution >= 4 is 16.9 Å². The Morgan fingerprint density at radius 2 is 2.05 bits per heavy atom. The van der Waals surface area contributed by atoms with Crippen LogP contribution in [-0.4, -0.2) is 37.0 Å². The van der Waals surface area contributed by atoms with Gasteiger partial charge in [0.1, 0.15) is 5.58 Å². The molecule has 1 aromatic heterocycles. The van der Waals surface area contributed by atoms with E-state index in [1.807, 2.05) is 43.1 Å². The van der Waals surface area contributed by atoms with Crippen LogP contribution >= 0.6 is 0 Å². The van der Waals surface area contributed by atoms with Crippen LogP contribution < -0.4 is 5.32 Å². The Kier molecular flexibility index (Phi) is 3.49. The highest BCUT2D eigenvalue weighted by Gasteiger charge is 2.25. The molecule has 0 saturated carbocycles. The monoisotopic (exact) mass is 272 g/mol. The van der Waals surface area contributed by atoms with Gasteiger partial charge in [-0.05, 0) is 51.1 Å². The summed E-state index contributed by atoms with van der Waals surface area (Å²) in [5.41, 5.74) is 1.95. The molecule has 1 aromatic carbocycles. The number of furan rings is 1. The van der Waals surface area contributed by atoms with Crippen molar-refractivity contribution in [3.05, 3.63) is 35.6 Å². The molecule has 0 atom stereocenters. The molecule has 1 fully saturated rings. The number of piperidine rings is 1. The molecule has 0 radical (unpaired) electrons. The number of benzene rings is 1. The number of carbonyl (C=O) groups excluding carboxylic acids is 1. The number of rotatable bonds is 2. The fourth-order valence-electron chi connectivity index (χ4n) is 2.80. The lowest BCUT2D eigenvalue weighted by atomic mass is 10.1. The van der Waals surface area contributed by atoms with Gasteiger partial charge in [-0.1, -0.05) is 11.6 Å². The third kappa shape index (κ3) is 2.43. The fraction of sp³-hybridized carbons (Fsp3) is 0.438. The quantitative estimate of drug-likeness (QED) is 0.914. The first-order chi connectivity index (χ1) is 9.65. The van der Waals surface area contributed by atoms with Crippen molar-refractivity contribution in [3.63, 3.8) is 0 Å². The first kappa shape index (κ1) is 13.2. The van der Waals surface area contributed by atoms with Crippen LogP contribution in [0.2, 0.25) is 0 Å². The lowest BCUT2D eigenvalue weighted by molar-refractivity contribution is 0.0673. The maximum Gasteiger partial charge on any atom is 0.289 e. The van der Waals surface area contributed by atoms with Crippen LogP contribution in [0.3, 0.4) is 0 Å². The van der Waals surface area contributed by atoms with Gasteiger partial charge >= 0.3 is 0 Å². The smallest absolute Gasteiger partial charge is 0.289 e. The summed E-state index contributed by atoms with van der Waals surface area (Å²) in [4.78, 5) is 14.3. The average Bonchev–Trinajstić information content (AvgIpc) is 2.89. The first-order valence-electron chi connectivity index (χ1n) is 7.13. The number of hydrogen-bond acceptors (Lipinski definition) is 3. The predicted molar refractivity (Wildman–Crippen MR) is 78.9 cm³/mol. The Labute approximate surface area is 118 Å². The zero-order valence-electron chi connectivity index (χ0n) is 12.0. The van der Waals surface area contributed by atoms with Crippen molar-refractivity contribution in [2.24, 2.45) is 0 Å². The molecule has 0 spiro atoms. The maximum atomic E-state index is 12.5. The normalized spacial score (nSPS) is 16.5. The van der Waals surface area contributed by atoms with Gasteiger partial charge in [0.05, 0.1) is 0 Å². The average molecular weight is 272 g/mol. The van der Waals surface area contributed by atoms with Crippen molar-refractivity contribution in [1.29, 1.82) is 0 Å². The molecule has 20 heavy (non-hydrogen) atoms. The number of nitrogens with one attached hydrogen (secondary N) is 1. The van der Waals surface area contributed by atoms with Gasteiger partial charge in [0.25, 0.3) is 5.91 Å². The van der Waals surface area contributed by atoms with E-state index in [4.69, 9.17) is 4.42 Å². The highest BCUT2D eigenvalue weighted by atomic mass is 16.3. The van der Waals surface area contributed by atoms with E-state index in [1.54, 1.807) is 0 Å². The SMILES string of the molecule is Cc1ccc2oc(C(=O)N(C)C3CCNCC3)cc2c1. The third-order valence-corrected chi connectivity index (χ3v) is 4.06. The van der Waals surface area contributed by atoms with Crippen LogP contribution in [0.4, 0.5) is 0 Å². The molecule has 1 aliphatic rings. The summed E-state index contributed by atoms with van der Waals surface area (Å²) in [5, 5.41) is 4.31. The van der Waals surface area contributed by atoms with Crippen molar-refractivity contribution in [2.75, 3.05) is 20.1 Å². The lowest BCUT2D eigenvalue weighted by Gasteiger charge is -2.31. The van der Waals surface area contributed by atoms with Crippen LogP contribution in [0, 0.1) is 6.92 Å². The molecule has 2 aromatic rings. The second kappa shape index (κ2) is 5.29. The van der Waals surface area contributed by atoms with Gasteiger partial charge in [0, 0.05) is 18.5 Å². The fourth-order valence-corrected chi connectivity index (χ4v) is 2.80. The van der Waals surface area contributed by atoms with E-state index in [1.165, 1.54) is 5.56 Å². The highest BCUT2D eigenvalue weighted by Crippen LogP contribution is 2.22. The Hall–Kier alpha value is -1.81. The number of fused-ring (bicyclic) bond motifs is 1. The third-order valence-electron chi connectivity index (χ3n) is 4.06. The first-order valence-corrected chi connectivity index (χ1v) is 7.13. The van der Waals surface area contributed by atoms with E-state index in [9.17, 15) is 4.79 Å². The van der Waals surface area contributed by atoms with Gasteiger partial charge in [-0.2, -0.15) is 0 Å². The molecular formula is C16H20N2O2. The molecule has 4 heteroatoms. The van der Waals surface area contributed by atoms with Crippen LogP contribution in [0.1, 0.15) is 29.0 Å². The number of nitrogens with zero attached hydrogens (tertiary/aromatic N) is 1. The molecule has 1 saturated heterocycles. The summed E-state index contributed by atoms with van der Waals surface area (Å²) >= 11 is 0. The maximum absolute atomic E-state index is 12.5. The van der Waals surface area contributed by atoms with Gasteiger partial charge in [-0.15, -0.1) is 0 Å². The van der Waals surface area contributed by atoms with Crippen molar-refractivity contribution in [3.8, 4) is 0 Å². The summed E-state index contributed by atoms with van der Waals surface area (Å²) in [5.74, 6) is 0.414. The van der Waals surface area contributed by atoms with E-state index in [-0.39, 0.29) is 5.91 Å². The molecule has 0 unspecified atom stereocenters. The van der Waals surface area contributed by atoms with Crippen LogP contribution in [0.15, 0.2) is 28.7 Å². The molecule has 2 heterocycles. The molecule has 1 aliphatic heterocycles.